The van der Waals surface area contributed by atoms with Crippen LogP contribution in [0.3, 0.4) is 0 Å². The largest absolute Gasteiger partial charge is 0.478 e. The van der Waals surface area contributed by atoms with Crippen molar-refractivity contribution in [3.8, 4) is 11.4 Å². The van der Waals surface area contributed by atoms with Crippen molar-refractivity contribution in [2.45, 2.75) is 6.18 Å². The minimum atomic E-state index is -4.40. The molecule has 5 nitrogen and oxygen atoms in total. The second kappa shape index (κ2) is 4.83. The summed E-state index contributed by atoms with van der Waals surface area (Å²) in [5, 5.41) is 13.0. The van der Waals surface area contributed by atoms with Crippen LogP contribution in [0.25, 0.3) is 17.0 Å². The van der Waals surface area contributed by atoms with Crippen LogP contribution in [0.2, 0.25) is 0 Å². The summed E-state index contributed by atoms with van der Waals surface area (Å²) in [6.07, 6.45) is -3.11. The molecule has 2 aromatic heterocycles. The average Bonchev–Trinajstić information content (AvgIpc) is 2.89. The van der Waals surface area contributed by atoms with Gasteiger partial charge in [0.15, 0.2) is 11.5 Å². The third-order valence-corrected chi connectivity index (χ3v) is 3.05. The number of hydrogen-bond acceptors (Lipinski definition) is 3. The SMILES string of the molecule is O=C(O)c1ccc2nc(-c3ccc(C(F)(F)F)cc3)nn2c1. The zero-order valence-electron chi connectivity index (χ0n) is 10.9. The van der Waals surface area contributed by atoms with Crippen molar-refractivity contribution in [3.63, 3.8) is 0 Å². The van der Waals surface area contributed by atoms with Gasteiger partial charge in [0, 0.05) is 11.8 Å². The number of aromatic carboxylic acids is 1. The van der Waals surface area contributed by atoms with Gasteiger partial charge in [0.05, 0.1) is 11.1 Å². The molecule has 0 unspecified atom stereocenters. The lowest BCUT2D eigenvalue weighted by Crippen LogP contribution is -2.04. The van der Waals surface area contributed by atoms with E-state index in [-0.39, 0.29) is 11.4 Å². The fourth-order valence-corrected chi connectivity index (χ4v) is 1.94. The molecule has 3 aromatic rings. The Morgan fingerprint density at radius 2 is 1.77 bits per heavy atom. The highest BCUT2D eigenvalue weighted by molar-refractivity contribution is 5.87. The van der Waals surface area contributed by atoms with E-state index in [0.29, 0.717) is 11.2 Å². The molecular formula is C14H8F3N3O2. The number of fused-ring (bicyclic) bond motifs is 1. The van der Waals surface area contributed by atoms with Gasteiger partial charge in [-0.15, -0.1) is 5.10 Å². The summed E-state index contributed by atoms with van der Waals surface area (Å²) >= 11 is 0. The van der Waals surface area contributed by atoms with E-state index in [0.717, 1.165) is 12.1 Å². The molecule has 0 aliphatic rings. The van der Waals surface area contributed by atoms with Crippen LogP contribution in [0.15, 0.2) is 42.6 Å². The molecule has 112 valence electrons. The quantitative estimate of drug-likeness (QED) is 0.790. The molecular weight excluding hydrogens is 299 g/mol. The molecule has 0 aliphatic carbocycles. The second-order valence-corrected chi connectivity index (χ2v) is 4.54. The van der Waals surface area contributed by atoms with Gasteiger partial charge < -0.3 is 5.11 Å². The van der Waals surface area contributed by atoms with Gasteiger partial charge in [0.1, 0.15) is 0 Å². The van der Waals surface area contributed by atoms with E-state index in [9.17, 15) is 18.0 Å². The highest BCUT2D eigenvalue weighted by Crippen LogP contribution is 2.30. The third-order valence-electron chi connectivity index (χ3n) is 3.05. The van der Waals surface area contributed by atoms with Crippen LogP contribution in [0, 0.1) is 0 Å². The highest BCUT2D eigenvalue weighted by Gasteiger charge is 2.30. The molecule has 0 saturated heterocycles. The van der Waals surface area contributed by atoms with Gasteiger partial charge in [-0.05, 0) is 24.3 Å². The molecule has 0 aliphatic heterocycles. The summed E-state index contributed by atoms with van der Waals surface area (Å²) < 4.78 is 38.8. The first-order valence-electron chi connectivity index (χ1n) is 6.12. The van der Waals surface area contributed by atoms with Crippen molar-refractivity contribution < 1.29 is 23.1 Å². The maximum atomic E-state index is 12.5. The number of hydrogen-bond donors (Lipinski definition) is 1. The minimum Gasteiger partial charge on any atom is -0.478 e. The maximum Gasteiger partial charge on any atom is 0.416 e. The molecule has 1 N–H and O–H groups in total. The number of carboxylic acid groups (broad SMARTS) is 1. The van der Waals surface area contributed by atoms with E-state index in [1.54, 1.807) is 0 Å². The molecule has 8 heteroatoms. The van der Waals surface area contributed by atoms with Crippen LogP contribution in [-0.2, 0) is 6.18 Å². The van der Waals surface area contributed by atoms with E-state index in [2.05, 4.69) is 10.1 Å². The lowest BCUT2D eigenvalue weighted by molar-refractivity contribution is -0.137. The number of alkyl halides is 3. The average molecular weight is 307 g/mol. The number of rotatable bonds is 2. The molecule has 0 bridgehead atoms. The Morgan fingerprint density at radius 3 is 2.36 bits per heavy atom. The van der Waals surface area contributed by atoms with Gasteiger partial charge in [0.25, 0.3) is 0 Å². The van der Waals surface area contributed by atoms with E-state index in [1.165, 1.54) is 35.0 Å². The van der Waals surface area contributed by atoms with Gasteiger partial charge in [-0.1, -0.05) is 12.1 Å². The summed E-state index contributed by atoms with van der Waals surface area (Å²) in [7, 11) is 0. The standard InChI is InChI=1S/C14H8F3N3O2/c15-14(16,17)10-4-1-8(2-5-10)12-18-11-6-3-9(13(21)22)7-20(11)19-12/h1-7H,(H,21,22). The molecule has 0 spiro atoms. The number of aromatic nitrogens is 3. The number of carboxylic acids is 1. The van der Waals surface area contributed by atoms with Gasteiger partial charge in [0.2, 0.25) is 0 Å². The molecule has 0 amide bonds. The van der Waals surface area contributed by atoms with Crippen molar-refractivity contribution in [2.24, 2.45) is 0 Å². The van der Waals surface area contributed by atoms with Crippen molar-refractivity contribution >= 4 is 11.6 Å². The first kappa shape index (κ1) is 14.1. The zero-order chi connectivity index (χ0) is 15.9. The smallest absolute Gasteiger partial charge is 0.416 e. The normalized spacial score (nSPS) is 11.8. The molecule has 2 heterocycles. The number of nitrogens with zero attached hydrogens (tertiary/aromatic N) is 3. The number of benzene rings is 1. The molecule has 0 radical (unpaired) electrons. The summed E-state index contributed by atoms with van der Waals surface area (Å²) in [4.78, 5) is 15.0. The maximum absolute atomic E-state index is 12.5. The number of carbonyl (C=O) groups is 1. The van der Waals surface area contributed by atoms with Crippen molar-refractivity contribution in [3.05, 3.63) is 53.7 Å². The summed E-state index contributed by atoms with van der Waals surface area (Å²) in [6.45, 7) is 0. The summed E-state index contributed by atoms with van der Waals surface area (Å²) in [6, 6.07) is 7.30. The fraction of sp³-hybridized carbons (Fsp3) is 0.0714. The Labute approximate surface area is 121 Å². The third kappa shape index (κ3) is 2.50. The monoisotopic (exact) mass is 307 g/mol. The van der Waals surface area contributed by atoms with Gasteiger partial charge >= 0.3 is 12.1 Å². The minimum absolute atomic E-state index is 0.0383. The topological polar surface area (TPSA) is 67.5 Å². The predicted molar refractivity (Wildman–Crippen MR) is 70.4 cm³/mol. The highest BCUT2D eigenvalue weighted by atomic mass is 19.4. The Morgan fingerprint density at radius 1 is 1.09 bits per heavy atom. The molecule has 0 saturated carbocycles. The van der Waals surface area contributed by atoms with E-state index in [4.69, 9.17) is 5.11 Å². The van der Waals surface area contributed by atoms with Gasteiger partial charge in [-0.2, -0.15) is 13.2 Å². The van der Waals surface area contributed by atoms with Crippen molar-refractivity contribution in [1.82, 2.24) is 14.6 Å². The first-order chi connectivity index (χ1) is 10.3. The molecule has 3 rings (SSSR count). The second-order valence-electron chi connectivity index (χ2n) is 4.54. The summed E-state index contributed by atoms with van der Waals surface area (Å²) in [5.41, 5.74) is 0.0954. The Kier molecular flexibility index (Phi) is 3.09. The zero-order valence-corrected chi connectivity index (χ0v) is 10.9. The van der Waals surface area contributed by atoms with E-state index < -0.39 is 17.7 Å². The molecule has 22 heavy (non-hydrogen) atoms. The van der Waals surface area contributed by atoms with Crippen LogP contribution in [0.5, 0.6) is 0 Å². The van der Waals surface area contributed by atoms with E-state index >= 15 is 0 Å². The summed E-state index contributed by atoms with van der Waals surface area (Å²) in [5.74, 6) is -0.884. The Balaban J connectivity index is 2.01. The number of halogens is 3. The number of pyridine rings is 1. The van der Waals surface area contributed by atoms with Gasteiger partial charge in [-0.3, -0.25) is 0 Å². The molecule has 0 atom stereocenters. The van der Waals surface area contributed by atoms with E-state index in [1.807, 2.05) is 0 Å². The lowest BCUT2D eigenvalue weighted by atomic mass is 10.1. The predicted octanol–water partition coefficient (Wildman–Crippen LogP) is 3.11. The van der Waals surface area contributed by atoms with Crippen LogP contribution in [-0.4, -0.2) is 25.7 Å². The molecule has 1 aromatic carbocycles. The molecule has 0 fully saturated rings. The van der Waals surface area contributed by atoms with Crippen molar-refractivity contribution in [1.29, 1.82) is 0 Å². The fourth-order valence-electron chi connectivity index (χ4n) is 1.94. The Bertz CT molecular complexity index is 854. The van der Waals surface area contributed by atoms with Gasteiger partial charge in [-0.25, -0.2) is 14.3 Å². The Hall–Kier alpha value is -2.90. The van der Waals surface area contributed by atoms with Crippen LogP contribution >= 0.6 is 0 Å². The van der Waals surface area contributed by atoms with Crippen LogP contribution in [0.1, 0.15) is 15.9 Å². The first-order valence-corrected chi connectivity index (χ1v) is 6.12. The van der Waals surface area contributed by atoms with Crippen LogP contribution < -0.4 is 0 Å². The van der Waals surface area contributed by atoms with Crippen LogP contribution in [0.4, 0.5) is 13.2 Å². The van der Waals surface area contributed by atoms with Crippen molar-refractivity contribution in [2.75, 3.05) is 0 Å². The lowest BCUT2D eigenvalue weighted by Gasteiger charge is -2.05.